The molecule has 1 atom stereocenters. The van der Waals surface area contributed by atoms with Gasteiger partial charge in [-0.2, -0.15) is 22.0 Å². The summed E-state index contributed by atoms with van der Waals surface area (Å²) in [5.41, 5.74) is -5.10. The Morgan fingerprint density at radius 1 is 0.722 bits per heavy atom. The molecule has 1 unspecified atom stereocenters. The standard InChI is InChI=1S/C10H10F8/c1-3-5-7(11,8(12,13)6-4-2)9(14,15)10(16,17)18/h3-4H,1-2,5-6H2. The third kappa shape index (κ3) is 2.51. The Bertz CT molecular complexity index is 316. The van der Waals surface area contributed by atoms with Gasteiger partial charge in [-0.25, -0.2) is 13.2 Å². The molecule has 8 heteroatoms. The third-order valence-corrected chi connectivity index (χ3v) is 2.26. The van der Waals surface area contributed by atoms with Crippen molar-refractivity contribution in [1.82, 2.24) is 0 Å². The lowest BCUT2D eigenvalue weighted by atomic mass is 9.84. The zero-order valence-electron chi connectivity index (χ0n) is 9.01. The van der Waals surface area contributed by atoms with Crippen molar-refractivity contribution in [2.24, 2.45) is 0 Å². The van der Waals surface area contributed by atoms with Crippen LogP contribution in [0.1, 0.15) is 12.8 Å². The number of hydrogen-bond acceptors (Lipinski definition) is 0. The van der Waals surface area contributed by atoms with E-state index in [1.807, 2.05) is 0 Å². The molecule has 106 valence electrons. The summed E-state index contributed by atoms with van der Waals surface area (Å²) in [4.78, 5) is 0. The summed E-state index contributed by atoms with van der Waals surface area (Å²) in [5.74, 6) is -11.1. The van der Waals surface area contributed by atoms with Gasteiger partial charge in [0.05, 0.1) is 0 Å². The van der Waals surface area contributed by atoms with E-state index in [1.165, 1.54) is 0 Å². The van der Waals surface area contributed by atoms with E-state index in [-0.39, 0.29) is 6.08 Å². The van der Waals surface area contributed by atoms with E-state index < -0.39 is 36.5 Å². The predicted octanol–water partition coefficient (Wildman–Crippen LogP) is 4.68. The summed E-state index contributed by atoms with van der Waals surface area (Å²) >= 11 is 0. The van der Waals surface area contributed by atoms with Gasteiger partial charge < -0.3 is 0 Å². The first-order chi connectivity index (χ1) is 7.87. The number of halogens is 8. The van der Waals surface area contributed by atoms with Crippen LogP contribution >= 0.6 is 0 Å². The largest absolute Gasteiger partial charge is 0.457 e. The van der Waals surface area contributed by atoms with Crippen LogP contribution in [0.3, 0.4) is 0 Å². The van der Waals surface area contributed by atoms with Crippen LogP contribution in [0.25, 0.3) is 0 Å². The first-order valence-corrected chi connectivity index (χ1v) is 4.60. The van der Waals surface area contributed by atoms with Crippen molar-refractivity contribution in [3.05, 3.63) is 25.3 Å². The third-order valence-electron chi connectivity index (χ3n) is 2.26. The van der Waals surface area contributed by atoms with Gasteiger partial charge in [0.2, 0.25) is 5.67 Å². The molecule has 0 N–H and O–H groups in total. The lowest BCUT2D eigenvalue weighted by Crippen LogP contribution is -2.63. The molecule has 0 bridgehead atoms. The van der Waals surface area contributed by atoms with Crippen molar-refractivity contribution in [3.63, 3.8) is 0 Å². The molecule has 0 aromatic carbocycles. The van der Waals surface area contributed by atoms with Crippen LogP contribution in [0.5, 0.6) is 0 Å². The second-order valence-corrected chi connectivity index (χ2v) is 3.56. The lowest BCUT2D eigenvalue weighted by Gasteiger charge is -2.38. The fourth-order valence-electron chi connectivity index (χ4n) is 1.27. The maximum atomic E-state index is 13.7. The average molecular weight is 282 g/mol. The van der Waals surface area contributed by atoms with E-state index in [9.17, 15) is 35.1 Å². The molecule has 0 aromatic heterocycles. The van der Waals surface area contributed by atoms with Crippen molar-refractivity contribution in [2.45, 2.75) is 36.5 Å². The minimum absolute atomic E-state index is 0.247. The average Bonchev–Trinajstić information content (AvgIpc) is 2.15. The molecule has 0 heterocycles. The van der Waals surface area contributed by atoms with Crippen LogP contribution < -0.4 is 0 Å². The highest BCUT2D eigenvalue weighted by Gasteiger charge is 2.78. The van der Waals surface area contributed by atoms with Gasteiger partial charge >= 0.3 is 12.1 Å². The molecular formula is C10H10F8. The summed E-state index contributed by atoms with van der Waals surface area (Å²) < 4.78 is 102. The maximum Gasteiger partial charge on any atom is 0.457 e. The molecule has 0 rings (SSSR count). The molecule has 0 amide bonds. The highest BCUT2D eigenvalue weighted by atomic mass is 19.4. The van der Waals surface area contributed by atoms with Gasteiger partial charge in [-0.1, -0.05) is 12.2 Å². The summed E-state index contributed by atoms with van der Waals surface area (Å²) in [5, 5.41) is 0. The number of rotatable bonds is 6. The Balaban J connectivity index is 5.81. The first kappa shape index (κ1) is 16.9. The number of hydrogen-bond donors (Lipinski definition) is 0. The molecule has 0 saturated carbocycles. The molecule has 0 aliphatic rings. The fraction of sp³-hybridized carbons (Fsp3) is 0.600. The van der Waals surface area contributed by atoms with Crippen molar-refractivity contribution >= 4 is 0 Å². The summed E-state index contributed by atoms with van der Waals surface area (Å²) in [6.07, 6.45) is -9.32. The van der Waals surface area contributed by atoms with Gasteiger partial charge in [0, 0.05) is 12.8 Å². The Labute approximate surface area is 98.0 Å². The number of allylic oxidation sites excluding steroid dienone is 2. The second-order valence-electron chi connectivity index (χ2n) is 3.56. The molecule has 0 fully saturated rings. The normalized spacial score (nSPS) is 17.1. The molecule has 0 spiro atoms. The molecule has 18 heavy (non-hydrogen) atoms. The quantitative estimate of drug-likeness (QED) is 0.490. The van der Waals surface area contributed by atoms with Crippen LogP contribution in [-0.4, -0.2) is 23.7 Å². The Morgan fingerprint density at radius 3 is 1.39 bits per heavy atom. The van der Waals surface area contributed by atoms with Gasteiger partial charge in [-0.05, 0) is 0 Å². The summed E-state index contributed by atoms with van der Waals surface area (Å²) in [7, 11) is 0. The first-order valence-electron chi connectivity index (χ1n) is 4.60. The molecule has 0 aromatic rings. The van der Waals surface area contributed by atoms with Crippen LogP contribution in [0, 0.1) is 0 Å². The van der Waals surface area contributed by atoms with E-state index in [0.29, 0.717) is 6.08 Å². The smallest absolute Gasteiger partial charge is 0.230 e. The van der Waals surface area contributed by atoms with Crippen molar-refractivity contribution < 1.29 is 35.1 Å². The number of alkyl halides is 8. The predicted molar refractivity (Wildman–Crippen MR) is 49.4 cm³/mol. The monoisotopic (exact) mass is 282 g/mol. The van der Waals surface area contributed by atoms with E-state index in [1.54, 1.807) is 0 Å². The minimum Gasteiger partial charge on any atom is -0.230 e. The molecule has 0 nitrogen and oxygen atoms in total. The Hall–Kier alpha value is -1.08. The van der Waals surface area contributed by atoms with E-state index in [4.69, 9.17) is 0 Å². The zero-order valence-corrected chi connectivity index (χ0v) is 9.01. The zero-order chi connectivity index (χ0) is 14.8. The topological polar surface area (TPSA) is 0 Å². The Kier molecular flexibility index (Phi) is 4.60. The van der Waals surface area contributed by atoms with Gasteiger partial charge in [0.25, 0.3) is 5.92 Å². The van der Waals surface area contributed by atoms with Crippen molar-refractivity contribution in [3.8, 4) is 0 Å². The van der Waals surface area contributed by atoms with E-state index >= 15 is 0 Å². The summed E-state index contributed by atoms with van der Waals surface area (Å²) in [6.45, 7) is 5.48. The van der Waals surface area contributed by atoms with Gasteiger partial charge in [-0.3, -0.25) is 0 Å². The van der Waals surface area contributed by atoms with E-state index in [0.717, 1.165) is 0 Å². The molecule has 0 saturated heterocycles. The molecule has 0 aliphatic heterocycles. The maximum absolute atomic E-state index is 13.7. The van der Waals surface area contributed by atoms with Crippen LogP contribution in [0.2, 0.25) is 0 Å². The lowest BCUT2D eigenvalue weighted by molar-refractivity contribution is -0.360. The highest BCUT2D eigenvalue weighted by Crippen LogP contribution is 2.54. The minimum atomic E-state index is -6.44. The van der Waals surface area contributed by atoms with Crippen LogP contribution in [0.4, 0.5) is 35.1 Å². The molecular weight excluding hydrogens is 272 g/mol. The van der Waals surface area contributed by atoms with Gasteiger partial charge in [-0.15, -0.1) is 13.2 Å². The molecule has 0 aliphatic carbocycles. The highest BCUT2D eigenvalue weighted by molar-refractivity contribution is 5.11. The SMILES string of the molecule is C=CCC(F)(F)C(F)(CC=C)C(F)(F)C(F)(F)F. The summed E-state index contributed by atoms with van der Waals surface area (Å²) in [6, 6.07) is 0. The fourth-order valence-corrected chi connectivity index (χ4v) is 1.27. The van der Waals surface area contributed by atoms with Crippen LogP contribution in [0.15, 0.2) is 25.3 Å². The van der Waals surface area contributed by atoms with Crippen LogP contribution in [-0.2, 0) is 0 Å². The van der Waals surface area contributed by atoms with Gasteiger partial charge in [0.15, 0.2) is 0 Å². The van der Waals surface area contributed by atoms with E-state index in [2.05, 4.69) is 13.2 Å². The van der Waals surface area contributed by atoms with Gasteiger partial charge in [0.1, 0.15) is 0 Å². The molecule has 0 radical (unpaired) electrons. The second kappa shape index (κ2) is 4.89. The Morgan fingerprint density at radius 2 is 1.11 bits per heavy atom. The van der Waals surface area contributed by atoms with Crippen molar-refractivity contribution in [2.75, 3.05) is 0 Å². The van der Waals surface area contributed by atoms with Crippen molar-refractivity contribution in [1.29, 1.82) is 0 Å².